The molecule has 2 aromatic rings. The highest BCUT2D eigenvalue weighted by molar-refractivity contribution is 7.90. The number of anilines is 2. The first kappa shape index (κ1) is 15.4. The zero-order valence-corrected chi connectivity index (χ0v) is 12.7. The predicted octanol–water partition coefficient (Wildman–Crippen LogP) is -0.776. The normalized spacial score (nSPS) is 11.8. The second-order valence-electron chi connectivity index (χ2n) is 4.61. The summed E-state index contributed by atoms with van der Waals surface area (Å²) >= 11 is 0. The van der Waals surface area contributed by atoms with Crippen molar-refractivity contribution < 1.29 is 13.5 Å². The molecule has 116 valence electrons. The van der Waals surface area contributed by atoms with Crippen molar-refractivity contribution in [3.05, 3.63) is 6.20 Å². The Morgan fingerprint density at radius 2 is 2.05 bits per heavy atom. The van der Waals surface area contributed by atoms with Gasteiger partial charge in [0.2, 0.25) is 5.95 Å². The van der Waals surface area contributed by atoms with E-state index in [0.717, 1.165) is 5.39 Å². The summed E-state index contributed by atoms with van der Waals surface area (Å²) in [5.74, 6) is 0.860. The molecule has 3 N–H and O–H groups in total. The van der Waals surface area contributed by atoms with Crippen LogP contribution in [0, 0.1) is 0 Å². The number of nitrogens with one attached hydrogen (secondary N) is 2. The van der Waals surface area contributed by atoms with Crippen molar-refractivity contribution in [1.82, 2.24) is 19.7 Å². The fraction of sp³-hybridized carbons (Fsp3) is 0.545. The first-order valence-corrected chi connectivity index (χ1v) is 8.43. The molecular weight excluding hydrogens is 296 g/mol. The van der Waals surface area contributed by atoms with E-state index in [1.165, 1.54) is 6.26 Å². The largest absolute Gasteiger partial charge is 0.395 e. The van der Waals surface area contributed by atoms with Crippen molar-refractivity contribution in [2.45, 2.75) is 0 Å². The summed E-state index contributed by atoms with van der Waals surface area (Å²) in [6.45, 7) is 0.550. The lowest BCUT2D eigenvalue weighted by Gasteiger charge is -2.09. The molecule has 0 unspecified atom stereocenters. The number of aryl methyl sites for hydroxylation is 1. The molecule has 2 rings (SSSR count). The molecule has 0 aliphatic rings. The van der Waals surface area contributed by atoms with Gasteiger partial charge in [-0.1, -0.05) is 0 Å². The number of hydrogen-bond donors (Lipinski definition) is 3. The fourth-order valence-electron chi connectivity index (χ4n) is 1.76. The Balaban J connectivity index is 2.25. The van der Waals surface area contributed by atoms with Crippen LogP contribution in [0.25, 0.3) is 11.0 Å². The summed E-state index contributed by atoms with van der Waals surface area (Å²) in [6.07, 6.45) is 2.81. The van der Waals surface area contributed by atoms with E-state index in [1.807, 2.05) is 0 Å². The highest BCUT2D eigenvalue weighted by Crippen LogP contribution is 2.20. The number of rotatable bonds is 7. The quantitative estimate of drug-likeness (QED) is 0.608. The van der Waals surface area contributed by atoms with Crippen molar-refractivity contribution in [2.24, 2.45) is 7.05 Å². The molecule has 0 atom stereocenters. The van der Waals surface area contributed by atoms with Gasteiger partial charge in [0.1, 0.15) is 15.7 Å². The number of nitrogens with zero attached hydrogens (tertiary/aromatic N) is 4. The SMILES string of the molecule is Cn1ncc2c(NCCO)nc(NCCS(C)(=O)=O)nc21. The summed E-state index contributed by atoms with van der Waals surface area (Å²) in [7, 11) is -1.29. The minimum atomic E-state index is -3.04. The van der Waals surface area contributed by atoms with Gasteiger partial charge in [-0.15, -0.1) is 0 Å². The lowest BCUT2D eigenvalue weighted by Crippen LogP contribution is -2.16. The molecule has 10 heteroatoms. The Morgan fingerprint density at radius 1 is 1.29 bits per heavy atom. The Morgan fingerprint density at radius 3 is 2.71 bits per heavy atom. The maximum Gasteiger partial charge on any atom is 0.226 e. The van der Waals surface area contributed by atoms with Crippen molar-refractivity contribution in [2.75, 3.05) is 42.3 Å². The average molecular weight is 314 g/mol. The van der Waals surface area contributed by atoms with Crippen LogP contribution >= 0.6 is 0 Å². The van der Waals surface area contributed by atoms with Crippen molar-refractivity contribution in [1.29, 1.82) is 0 Å². The van der Waals surface area contributed by atoms with Gasteiger partial charge in [0.15, 0.2) is 5.65 Å². The average Bonchev–Trinajstić information content (AvgIpc) is 2.77. The molecule has 0 fully saturated rings. The van der Waals surface area contributed by atoms with E-state index < -0.39 is 9.84 Å². The summed E-state index contributed by atoms with van der Waals surface area (Å²) in [6, 6.07) is 0. The third kappa shape index (κ3) is 4.02. The van der Waals surface area contributed by atoms with Crippen LogP contribution in [0.5, 0.6) is 0 Å². The molecule has 0 aliphatic carbocycles. The molecule has 0 aliphatic heterocycles. The zero-order chi connectivity index (χ0) is 15.5. The van der Waals surface area contributed by atoms with Crippen LogP contribution in [0.15, 0.2) is 6.20 Å². The number of aromatic nitrogens is 4. The highest BCUT2D eigenvalue weighted by Gasteiger charge is 2.11. The summed E-state index contributed by atoms with van der Waals surface area (Å²) in [4.78, 5) is 8.58. The number of aliphatic hydroxyl groups is 1. The minimum Gasteiger partial charge on any atom is -0.395 e. The Bertz CT molecular complexity index is 727. The third-order valence-electron chi connectivity index (χ3n) is 2.75. The maximum atomic E-state index is 11.1. The van der Waals surface area contributed by atoms with E-state index >= 15 is 0 Å². The summed E-state index contributed by atoms with van der Waals surface area (Å²) in [5.41, 5.74) is 0.618. The molecule has 9 nitrogen and oxygen atoms in total. The van der Waals surface area contributed by atoms with Gasteiger partial charge in [0, 0.05) is 26.4 Å². The molecule has 0 aromatic carbocycles. The van der Waals surface area contributed by atoms with E-state index in [2.05, 4.69) is 25.7 Å². The molecular formula is C11H18N6O3S. The summed E-state index contributed by atoms with van der Waals surface area (Å²) < 4.78 is 23.8. The Kier molecular flexibility index (Phi) is 4.58. The molecule has 2 heterocycles. The Labute approximate surface area is 122 Å². The number of aliphatic hydroxyl groups excluding tert-OH is 1. The van der Waals surface area contributed by atoms with Gasteiger partial charge in [-0.05, 0) is 0 Å². The molecule has 0 spiro atoms. The van der Waals surface area contributed by atoms with Crippen LogP contribution in [-0.2, 0) is 16.9 Å². The van der Waals surface area contributed by atoms with Crippen LogP contribution in [0.2, 0.25) is 0 Å². The first-order chi connectivity index (χ1) is 9.90. The van der Waals surface area contributed by atoms with Crippen molar-refractivity contribution in [3.8, 4) is 0 Å². The van der Waals surface area contributed by atoms with E-state index in [9.17, 15) is 8.42 Å². The lowest BCUT2D eigenvalue weighted by molar-refractivity contribution is 0.311. The third-order valence-corrected chi connectivity index (χ3v) is 3.70. The van der Waals surface area contributed by atoms with E-state index in [-0.39, 0.29) is 18.9 Å². The lowest BCUT2D eigenvalue weighted by atomic mass is 10.4. The van der Waals surface area contributed by atoms with Crippen LogP contribution < -0.4 is 10.6 Å². The highest BCUT2D eigenvalue weighted by atomic mass is 32.2. The zero-order valence-electron chi connectivity index (χ0n) is 11.9. The fourth-order valence-corrected chi connectivity index (χ4v) is 2.23. The van der Waals surface area contributed by atoms with E-state index in [4.69, 9.17) is 5.11 Å². The standard InChI is InChI=1S/C11H18N6O3S/c1-17-10-8(7-14-17)9(12-3-5-18)15-11(16-10)13-4-6-21(2,19)20/h7,18H,3-6H2,1-2H3,(H2,12,13,15,16). The smallest absolute Gasteiger partial charge is 0.226 e. The molecule has 0 amide bonds. The van der Waals surface area contributed by atoms with Gasteiger partial charge in [0.25, 0.3) is 0 Å². The minimum absolute atomic E-state index is 0.000808. The number of sulfone groups is 1. The molecule has 0 bridgehead atoms. The second-order valence-corrected chi connectivity index (χ2v) is 6.87. The second kappa shape index (κ2) is 6.22. The summed E-state index contributed by atoms with van der Waals surface area (Å²) in [5, 5.41) is 19.6. The van der Waals surface area contributed by atoms with Crippen molar-refractivity contribution in [3.63, 3.8) is 0 Å². The monoisotopic (exact) mass is 314 g/mol. The van der Waals surface area contributed by atoms with Gasteiger partial charge in [0.05, 0.1) is 23.9 Å². The van der Waals surface area contributed by atoms with Crippen LogP contribution in [-0.4, -0.2) is 65.0 Å². The van der Waals surface area contributed by atoms with Crippen LogP contribution in [0.1, 0.15) is 0 Å². The number of fused-ring (bicyclic) bond motifs is 1. The first-order valence-electron chi connectivity index (χ1n) is 6.37. The molecule has 2 aromatic heterocycles. The van der Waals surface area contributed by atoms with E-state index in [1.54, 1.807) is 17.9 Å². The van der Waals surface area contributed by atoms with Gasteiger partial charge in [-0.25, -0.2) is 8.42 Å². The van der Waals surface area contributed by atoms with E-state index in [0.29, 0.717) is 24.0 Å². The van der Waals surface area contributed by atoms with Gasteiger partial charge >= 0.3 is 0 Å². The molecule has 0 radical (unpaired) electrons. The Hall–Kier alpha value is -1.94. The maximum absolute atomic E-state index is 11.1. The number of hydrogen-bond acceptors (Lipinski definition) is 8. The van der Waals surface area contributed by atoms with Gasteiger partial charge in [-0.3, -0.25) is 4.68 Å². The molecule has 0 saturated heterocycles. The predicted molar refractivity (Wildman–Crippen MR) is 80.1 cm³/mol. The van der Waals surface area contributed by atoms with Gasteiger partial charge < -0.3 is 15.7 Å². The molecule has 0 saturated carbocycles. The van der Waals surface area contributed by atoms with Crippen molar-refractivity contribution >= 4 is 32.6 Å². The topological polar surface area (TPSA) is 122 Å². The van der Waals surface area contributed by atoms with Crippen LogP contribution in [0.3, 0.4) is 0 Å². The van der Waals surface area contributed by atoms with Gasteiger partial charge in [-0.2, -0.15) is 15.1 Å². The van der Waals surface area contributed by atoms with Crippen LogP contribution in [0.4, 0.5) is 11.8 Å². The molecule has 21 heavy (non-hydrogen) atoms.